The van der Waals surface area contributed by atoms with Crippen molar-refractivity contribution in [2.24, 2.45) is 0 Å². The Morgan fingerprint density at radius 3 is 2.57 bits per heavy atom. The van der Waals surface area contributed by atoms with E-state index in [1.54, 1.807) is 0 Å². The molecule has 1 saturated heterocycles. The first-order valence-electron chi connectivity index (χ1n) is 9.88. The molecule has 4 rings (SSSR count). The average molecular weight is 489 g/mol. The number of benzene rings is 2. The van der Waals surface area contributed by atoms with Crippen LogP contribution in [0.25, 0.3) is 5.69 Å². The first-order chi connectivity index (χ1) is 14.4. The average Bonchev–Trinajstić information content (AvgIpc) is 3.03. The zero-order valence-electron chi connectivity index (χ0n) is 16.9. The highest BCUT2D eigenvalue weighted by Gasteiger charge is 2.27. The summed E-state index contributed by atoms with van der Waals surface area (Å²) in [4.78, 5) is 15.0. The molecule has 1 aromatic heterocycles. The number of carbonyl (C=O) groups is 1. The number of morpholine rings is 1. The number of rotatable bonds is 4. The van der Waals surface area contributed by atoms with Crippen molar-refractivity contribution in [2.45, 2.75) is 26.4 Å². The SMILES string of the molecule is Cc1nn(-c2ccc(Cl)cc2)c(C)c1CC(=O)N1CCOC(c2ccc(Br)cc2)C1. The van der Waals surface area contributed by atoms with Crippen molar-refractivity contribution < 1.29 is 9.53 Å². The fourth-order valence-electron chi connectivity index (χ4n) is 3.78. The van der Waals surface area contributed by atoms with E-state index in [9.17, 15) is 4.79 Å². The number of halogens is 2. The van der Waals surface area contributed by atoms with E-state index < -0.39 is 0 Å². The summed E-state index contributed by atoms with van der Waals surface area (Å²) < 4.78 is 8.82. The third-order valence-corrected chi connectivity index (χ3v) is 6.28. The Bertz CT molecular complexity index is 1050. The van der Waals surface area contributed by atoms with Gasteiger partial charge in [-0.1, -0.05) is 39.7 Å². The Labute approximate surface area is 189 Å². The molecule has 5 nitrogen and oxygen atoms in total. The van der Waals surface area contributed by atoms with Crippen LogP contribution in [0.1, 0.15) is 28.6 Å². The van der Waals surface area contributed by atoms with Crippen LogP contribution in [-0.4, -0.2) is 40.3 Å². The van der Waals surface area contributed by atoms with E-state index >= 15 is 0 Å². The van der Waals surface area contributed by atoms with E-state index in [0.717, 1.165) is 32.7 Å². The molecule has 0 aliphatic carbocycles. The fraction of sp³-hybridized carbons (Fsp3) is 0.304. The van der Waals surface area contributed by atoms with Gasteiger partial charge in [0.15, 0.2) is 0 Å². The summed E-state index contributed by atoms with van der Waals surface area (Å²) in [6.45, 7) is 5.65. The van der Waals surface area contributed by atoms with Crippen molar-refractivity contribution in [2.75, 3.05) is 19.7 Å². The Balaban J connectivity index is 1.49. The first kappa shape index (κ1) is 21.1. The second kappa shape index (κ2) is 8.92. The van der Waals surface area contributed by atoms with E-state index in [0.29, 0.717) is 31.1 Å². The molecular weight excluding hydrogens is 466 g/mol. The Morgan fingerprint density at radius 2 is 1.87 bits per heavy atom. The summed E-state index contributed by atoms with van der Waals surface area (Å²) in [6, 6.07) is 15.6. The normalized spacial score (nSPS) is 16.7. The lowest BCUT2D eigenvalue weighted by molar-refractivity contribution is -0.138. The number of hydrogen-bond acceptors (Lipinski definition) is 3. The van der Waals surface area contributed by atoms with Gasteiger partial charge in [0.05, 0.1) is 31.0 Å². The first-order valence-corrected chi connectivity index (χ1v) is 11.1. The van der Waals surface area contributed by atoms with Gasteiger partial charge in [-0.25, -0.2) is 4.68 Å². The quantitative estimate of drug-likeness (QED) is 0.516. The monoisotopic (exact) mass is 487 g/mol. The van der Waals surface area contributed by atoms with Gasteiger partial charge in [-0.15, -0.1) is 0 Å². The number of nitrogens with zero attached hydrogens (tertiary/aromatic N) is 3. The fourth-order valence-corrected chi connectivity index (χ4v) is 4.17. The molecule has 1 fully saturated rings. The standard InChI is InChI=1S/C23H23BrClN3O2/c1-15-21(16(2)28(26-15)20-9-7-19(25)8-10-20)13-23(29)27-11-12-30-22(14-27)17-3-5-18(24)6-4-17/h3-10,22H,11-14H2,1-2H3. The van der Waals surface area contributed by atoms with Crippen LogP contribution in [0.5, 0.6) is 0 Å². The summed E-state index contributed by atoms with van der Waals surface area (Å²) in [5.41, 5.74) is 4.83. The molecule has 0 saturated carbocycles. The van der Waals surface area contributed by atoms with Crippen molar-refractivity contribution >= 4 is 33.4 Å². The molecule has 0 radical (unpaired) electrons. The summed E-state index contributed by atoms with van der Waals surface area (Å²) in [5.74, 6) is 0.0993. The topological polar surface area (TPSA) is 47.4 Å². The molecule has 1 aliphatic heterocycles. The van der Waals surface area contributed by atoms with Crippen LogP contribution in [-0.2, 0) is 16.0 Å². The summed E-state index contributed by atoms with van der Waals surface area (Å²) in [6.07, 6.45) is 0.230. The number of amides is 1. The van der Waals surface area contributed by atoms with Crippen LogP contribution < -0.4 is 0 Å². The van der Waals surface area contributed by atoms with Crippen molar-refractivity contribution in [3.05, 3.63) is 80.5 Å². The summed E-state index contributed by atoms with van der Waals surface area (Å²) >= 11 is 9.46. The van der Waals surface area contributed by atoms with Gasteiger partial charge >= 0.3 is 0 Å². The summed E-state index contributed by atoms with van der Waals surface area (Å²) in [5, 5.41) is 5.34. The molecular formula is C23H23BrClN3O2. The molecule has 7 heteroatoms. The second-order valence-corrected chi connectivity index (χ2v) is 8.82. The van der Waals surface area contributed by atoms with Gasteiger partial charge in [-0.3, -0.25) is 4.79 Å². The molecule has 1 amide bonds. The molecule has 0 bridgehead atoms. The number of aromatic nitrogens is 2. The largest absolute Gasteiger partial charge is 0.370 e. The van der Waals surface area contributed by atoms with Crippen LogP contribution in [0.2, 0.25) is 5.02 Å². The van der Waals surface area contributed by atoms with Crippen molar-refractivity contribution in [3.8, 4) is 5.69 Å². The van der Waals surface area contributed by atoms with Crippen LogP contribution >= 0.6 is 27.5 Å². The van der Waals surface area contributed by atoms with Crippen LogP contribution in [0.3, 0.4) is 0 Å². The van der Waals surface area contributed by atoms with E-state index in [4.69, 9.17) is 16.3 Å². The van der Waals surface area contributed by atoms with Crippen molar-refractivity contribution in [1.82, 2.24) is 14.7 Å². The molecule has 0 spiro atoms. The predicted molar refractivity (Wildman–Crippen MR) is 121 cm³/mol. The van der Waals surface area contributed by atoms with E-state index in [1.807, 2.05) is 72.0 Å². The van der Waals surface area contributed by atoms with Gasteiger partial charge in [-0.2, -0.15) is 5.10 Å². The lowest BCUT2D eigenvalue weighted by Gasteiger charge is -2.33. The molecule has 30 heavy (non-hydrogen) atoms. The van der Waals surface area contributed by atoms with E-state index in [2.05, 4.69) is 21.0 Å². The zero-order chi connectivity index (χ0) is 21.3. The van der Waals surface area contributed by atoms with Crippen molar-refractivity contribution in [1.29, 1.82) is 0 Å². The minimum atomic E-state index is -0.102. The Hall–Kier alpha value is -2.15. The minimum Gasteiger partial charge on any atom is -0.370 e. The maximum Gasteiger partial charge on any atom is 0.227 e. The molecule has 1 unspecified atom stereocenters. The lowest BCUT2D eigenvalue weighted by Crippen LogP contribution is -2.43. The maximum absolute atomic E-state index is 13.1. The smallest absolute Gasteiger partial charge is 0.227 e. The summed E-state index contributed by atoms with van der Waals surface area (Å²) in [7, 11) is 0. The molecule has 2 aromatic carbocycles. The second-order valence-electron chi connectivity index (χ2n) is 7.47. The van der Waals surface area contributed by atoms with Gasteiger partial charge < -0.3 is 9.64 Å². The molecule has 3 aromatic rings. The highest BCUT2D eigenvalue weighted by atomic mass is 79.9. The van der Waals surface area contributed by atoms with Gasteiger partial charge in [0, 0.05) is 27.3 Å². The van der Waals surface area contributed by atoms with E-state index in [1.165, 1.54) is 0 Å². The van der Waals surface area contributed by atoms with Gasteiger partial charge in [0.25, 0.3) is 0 Å². The third kappa shape index (κ3) is 4.46. The highest BCUT2D eigenvalue weighted by molar-refractivity contribution is 9.10. The van der Waals surface area contributed by atoms with Gasteiger partial charge in [-0.05, 0) is 55.8 Å². The minimum absolute atomic E-state index is 0.0993. The van der Waals surface area contributed by atoms with E-state index in [-0.39, 0.29) is 12.0 Å². The molecule has 0 N–H and O–H groups in total. The predicted octanol–water partition coefficient (Wildman–Crippen LogP) is 5.05. The van der Waals surface area contributed by atoms with Crippen molar-refractivity contribution in [3.63, 3.8) is 0 Å². The highest BCUT2D eigenvalue weighted by Crippen LogP contribution is 2.25. The molecule has 156 valence electrons. The Kier molecular flexibility index (Phi) is 6.27. The van der Waals surface area contributed by atoms with Crippen LogP contribution in [0.15, 0.2) is 53.0 Å². The maximum atomic E-state index is 13.1. The van der Waals surface area contributed by atoms with Crippen LogP contribution in [0.4, 0.5) is 0 Å². The van der Waals surface area contributed by atoms with Gasteiger partial charge in [0.2, 0.25) is 5.91 Å². The Morgan fingerprint density at radius 1 is 1.17 bits per heavy atom. The third-order valence-electron chi connectivity index (χ3n) is 5.50. The van der Waals surface area contributed by atoms with Gasteiger partial charge in [0.1, 0.15) is 6.10 Å². The zero-order valence-corrected chi connectivity index (χ0v) is 19.3. The van der Waals surface area contributed by atoms with Crippen LogP contribution in [0, 0.1) is 13.8 Å². The lowest BCUT2D eigenvalue weighted by atomic mass is 10.1. The number of hydrogen-bond donors (Lipinski definition) is 0. The molecule has 1 atom stereocenters. The number of aryl methyl sites for hydroxylation is 1. The molecule has 2 heterocycles. The number of ether oxygens (including phenoxy) is 1. The number of carbonyl (C=O) groups excluding carboxylic acids is 1. The molecule has 1 aliphatic rings.